The lowest BCUT2D eigenvalue weighted by Gasteiger charge is -2.26. The fourth-order valence-corrected chi connectivity index (χ4v) is 5.28. The maximum atomic E-state index is 12.8. The van der Waals surface area contributed by atoms with Gasteiger partial charge in [0.25, 0.3) is 5.91 Å². The molecule has 0 radical (unpaired) electrons. The predicted molar refractivity (Wildman–Crippen MR) is 111 cm³/mol. The third kappa shape index (κ3) is 3.93. The Hall–Kier alpha value is -2.46. The van der Waals surface area contributed by atoms with E-state index in [1.54, 1.807) is 6.07 Å². The predicted octanol–water partition coefficient (Wildman–Crippen LogP) is 2.15. The number of sulfonamides is 1. The quantitative estimate of drug-likeness (QED) is 0.695. The molecule has 158 valence electrons. The molecule has 1 aliphatic heterocycles. The van der Waals surface area contributed by atoms with Crippen LogP contribution in [0.5, 0.6) is 5.75 Å². The van der Waals surface area contributed by atoms with Crippen LogP contribution in [-0.2, 0) is 21.2 Å². The maximum absolute atomic E-state index is 12.8. The van der Waals surface area contributed by atoms with E-state index in [1.165, 1.54) is 34.6 Å². The first kappa shape index (κ1) is 20.8. The molecule has 0 saturated carbocycles. The van der Waals surface area contributed by atoms with Crippen molar-refractivity contribution in [2.24, 2.45) is 5.10 Å². The van der Waals surface area contributed by atoms with Gasteiger partial charge >= 0.3 is 0 Å². The van der Waals surface area contributed by atoms with E-state index in [1.807, 2.05) is 0 Å². The van der Waals surface area contributed by atoms with Crippen LogP contribution in [0, 0.1) is 0 Å². The summed E-state index contributed by atoms with van der Waals surface area (Å²) in [7, 11) is -3.71. The van der Waals surface area contributed by atoms with Gasteiger partial charge in [0, 0.05) is 29.2 Å². The number of ether oxygens (including phenoxy) is 1. The summed E-state index contributed by atoms with van der Waals surface area (Å²) in [6.07, 6.45) is 1.14. The highest BCUT2D eigenvalue weighted by molar-refractivity contribution is 7.89. The van der Waals surface area contributed by atoms with Crippen molar-refractivity contribution in [1.29, 1.82) is 0 Å². The Labute approximate surface area is 179 Å². The van der Waals surface area contributed by atoms with Crippen LogP contribution in [0.15, 0.2) is 46.4 Å². The molecule has 2 aliphatic rings. The van der Waals surface area contributed by atoms with Crippen molar-refractivity contribution in [1.82, 2.24) is 9.73 Å². The normalized spacial score (nSPS) is 18.4. The molecule has 1 saturated heterocycles. The van der Waals surface area contributed by atoms with Crippen LogP contribution in [0.25, 0.3) is 0 Å². The Morgan fingerprint density at radius 3 is 2.70 bits per heavy atom. The summed E-state index contributed by atoms with van der Waals surface area (Å²) in [6.45, 7) is 1.24. The van der Waals surface area contributed by atoms with Gasteiger partial charge in [-0.1, -0.05) is 17.7 Å². The summed E-state index contributed by atoms with van der Waals surface area (Å²) in [5, 5.41) is 14.8. The summed E-state index contributed by atoms with van der Waals surface area (Å²) in [5.74, 6) is -0.491. The van der Waals surface area contributed by atoms with Crippen LogP contribution in [0.4, 0.5) is 0 Å². The minimum Gasteiger partial charge on any atom is -0.507 e. The number of hydrogen-bond acceptors (Lipinski definition) is 6. The number of fused-ring (bicyclic) bond motifs is 1. The molecule has 0 unspecified atom stereocenters. The first-order valence-electron chi connectivity index (χ1n) is 9.43. The molecule has 1 amide bonds. The molecule has 1 aliphatic carbocycles. The van der Waals surface area contributed by atoms with E-state index >= 15 is 0 Å². The number of hydrogen-bond donors (Lipinski definition) is 2. The summed E-state index contributed by atoms with van der Waals surface area (Å²) >= 11 is 6.17. The van der Waals surface area contributed by atoms with E-state index in [9.17, 15) is 18.3 Å². The number of morpholine rings is 1. The number of halogens is 1. The Morgan fingerprint density at radius 1 is 1.17 bits per heavy atom. The second-order valence-electron chi connectivity index (χ2n) is 6.96. The highest BCUT2D eigenvalue weighted by atomic mass is 35.5. The van der Waals surface area contributed by atoms with Gasteiger partial charge in [-0.25, -0.2) is 13.8 Å². The standard InChI is InChI=1S/C20H20ClN3O5S/c21-16-5-7-18(25)19-15(16)4-6-17(19)22-23-20(26)13-2-1-3-14(12-13)30(27,28)24-8-10-29-11-9-24/h1-3,5,7,12,25H,4,6,8-11H2,(H,23,26)/b22-17+. The van der Waals surface area contributed by atoms with Gasteiger partial charge in [-0.2, -0.15) is 9.41 Å². The number of carbonyl (C=O) groups is 1. The van der Waals surface area contributed by atoms with Gasteiger partial charge in [-0.05, 0) is 48.7 Å². The number of phenolic OH excluding ortho intramolecular Hbond substituents is 1. The Bertz CT molecular complexity index is 1130. The van der Waals surface area contributed by atoms with Crippen LogP contribution < -0.4 is 5.43 Å². The topological polar surface area (TPSA) is 108 Å². The van der Waals surface area contributed by atoms with Crippen LogP contribution in [-0.4, -0.2) is 55.8 Å². The average Bonchev–Trinajstić information content (AvgIpc) is 3.21. The van der Waals surface area contributed by atoms with Crippen LogP contribution in [0.1, 0.15) is 27.9 Å². The minimum absolute atomic E-state index is 0.0420. The van der Waals surface area contributed by atoms with Gasteiger partial charge in [-0.15, -0.1) is 0 Å². The Balaban J connectivity index is 1.54. The van der Waals surface area contributed by atoms with Gasteiger partial charge in [0.05, 0.1) is 23.8 Å². The van der Waals surface area contributed by atoms with Crippen molar-refractivity contribution in [3.8, 4) is 5.75 Å². The van der Waals surface area contributed by atoms with Gasteiger partial charge in [0.15, 0.2) is 0 Å². The number of benzene rings is 2. The Kier molecular flexibility index (Phi) is 5.79. The van der Waals surface area contributed by atoms with Gasteiger partial charge < -0.3 is 9.84 Å². The molecule has 0 atom stereocenters. The van der Waals surface area contributed by atoms with Crippen LogP contribution in [0.3, 0.4) is 0 Å². The number of rotatable bonds is 4. The lowest BCUT2D eigenvalue weighted by atomic mass is 10.1. The van der Waals surface area contributed by atoms with Crippen molar-refractivity contribution >= 4 is 33.2 Å². The molecule has 2 N–H and O–H groups in total. The van der Waals surface area contributed by atoms with Crippen LogP contribution in [0.2, 0.25) is 5.02 Å². The zero-order chi connectivity index (χ0) is 21.3. The zero-order valence-corrected chi connectivity index (χ0v) is 17.5. The minimum atomic E-state index is -3.71. The molecule has 10 heteroatoms. The fraction of sp³-hybridized carbons (Fsp3) is 0.300. The smallest absolute Gasteiger partial charge is 0.271 e. The van der Waals surface area contributed by atoms with Crippen molar-refractivity contribution in [2.75, 3.05) is 26.3 Å². The van der Waals surface area contributed by atoms with E-state index < -0.39 is 15.9 Å². The number of amides is 1. The third-order valence-corrected chi connectivity index (χ3v) is 7.38. The number of hydrazone groups is 1. The maximum Gasteiger partial charge on any atom is 0.271 e. The number of phenols is 1. The average molecular weight is 450 g/mol. The first-order valence-corrected chi connectivity index (χ1v) is 11.3. The van der Waals surface area contributed by atoms with Crippen molar-refractivity contribution < 1.29 is 23.1 Å². The molecule has 1 heterocycles. The summed E-state index contributed by atoms with van der Waals surface area (Å²) in [4.78, 5) is 12.6. The molecule has 8 nitrogen and oxygen atoms in total. The van der Waals surface area contributed by atoms with Gasteiger partial charge in [0.1, 0.15) is 5.75 Å². The lowest BCUT2D eigenvalue weighted by molar-refractivity contribution is 0.0730. The molecule has 30 heavy (non-hydrogen) atoms. The molecular formula is C20H20ClN3O5S. The van der Waals surface area contributed by atoms with E-state index in [4.69, 9.17) is 16.3 Å². The van der Waals surface area contributed by atoms with Crippen molar-refractivity contribution in [2.45, 2.75) is 17.7 Å². The fourth-order valence-electron chi connectivity index (χ4n) is 3.57. The number of nitrogens with zero attached hydrogens (tertiary/aromatic N) is 2. The molecule has 0 spiro atoms. The zero-order valence-electron chi connectivity index (χ0n) is 16.0. The second kappa shape index (κ2) is 8.35. The van der Waals surface area contributed by atoms with E-state index in [2.05, 4.69) is 10.5 Å². The molecule has 2 aromatic carbocycles. The molecule has 4 rings (SSSR count). The summed E-state index contributed by atoms with van der Waals surface area (Å²) in [6, 6.07) is 8.94. The largest absolute Gasteiger partial charge is 0.507 e. The number of aromatic hydroxyl groups is 1. The highest BCUT2D eigenvalue weighted by Crippen LogP contribution is 2.35. The number of nitrogens with one attached hydrogen (secondary N) is 1. The van der Waals surface area contributed by atoms with Gasteiger partial charge in [-0.3, -0.25) is 4.79 Å². The van der Waals surface area contributed by atoms with Crippen LogP contribution >= 0.6 is 11.6 Å². The van der Waals surface area contributed by atoms with Gasteiger partial charge in [0.2, 0.25) is 10.0 Å². The molecule has 0 bridgehead atoms. The van der Waals surface area contributed by atoms with Crippen molar-refractivity contribution in [3.63, 3.8) is 0 Å². The monoisotopic (exact) mass is 449 g/mol. The summed E-state index contributed by atoms with van der Waals surface area (Å²) in [5.41, 5.74) is 4.47. The van der Waals surface area contributed by atoms with E-state index in [0.29, 0.717) is 42.4 Å². The molecule has 2 aromatic rings. The third-order valence-electron chi connectivity index (χ3n) is 5.13. The summed E-state index contributed by atoms with van der Waals surface area (Å²) < 4.78 is 32.2. The van der Waals surface area contributed by atoms with Crippen molar-refractivity contribution in [3.05, 3.63) is 58.1 Å². The highest BCUT2D eigenvalue weighted by Gasteiger charge is 2.27. The molecule has 0 aromatic heterocycles. The van der Waals surface area contributed by atoms with E-state index in [0.717, 1.165) is 5.56 Å². The Morgan fingerprint density at radius 2 is 1.93 bits per heavy atom. The lowest BCUT2D eigenvalue weighted by Crippen LogP contribution is -2.40. The number of carbonyl (C=O) groups excluding carboxylic acids is 1. The van der Waals surface area contributed by atoms with E-state index in [-0.39, 0.29) is 29.3 Å². The molecule has 1 fully saturated rings. The SMILES string of the molecule is O=C(N/N=C1\CCc2c(Cl)ccc(O)c21)c1cccc(S(=O)(=O)N2CCOCC2)c1. The first-order chi connectivity index (χ1) is 14.4. The second-order valence-corrected chi connectivity index (χ2v) is 9.31. The molecular weight excluding hydrogens is 430 g/mol.